The lowest BCUT2D eigenvalue weighted by molar-refractivity contribution is -0.133. The lowest BCUT2D eigenvalue weighted by Gasteiger charge is -2.26. The van der Waals surface area contributed by atoms with Gasteiger partial charge in [-0.25, -0.2) is 4.98 Å². The molecule has 2 aromatic carbocycles. The number of anilines is 4. The second-order valence-electron chi connectivity index (χ2n) is 11.2. The van der Waals surface area contributed by atoms with Gasteiger partial charge >= 0.3 is 0 Å². The summed E-state index contributed by atoms with van der Waals surface area (Å²) in [5.74, 6) is -0.639. The number of benzene rings is 2. The molecule has 216 valence electrons. The Balaban J connectivity index is 1.31. The van der Waals surface area contributed by atoms with E-state index in [-0.39, 0.29) is 17.9 Å². The van der Waals surface area contributed by atoms with Gasteiger partial charge in [0.05, 0.1) is 0 Å². The predicted molar refractivity (Wildman–Crippen MR) is 162 cm³/mol. The van der Waals surface area contributed by atoms with Crippen molar-refractivity contribution >= 4 is 63.4 Å². The number of nitrogens with zero attached hydrogens (tertiary/aromatic N) is 5. The van der Waals surface area contributed by atoms with Crippen molar-refractivity contribution in [3.63, 3.8) is 0 Å². The van der Waals surface area contributed by atoms with E-state index in [4.69, 9.17) is 22.3 Å². The molecule has 2 fully saturated rings. The average Bonchev–Trinajstić information content (AvgIpc) is 3.47. The van der Waals surface area contributed by atoms with Crippen LogP contribution in [0.25, 0.3) is 11.0 Å². The third-order valence-corrected chi connectivity index (χ3v) is 8.44. The number of carbonyl (C=O) groups is 3. The molecule has 2 heterocycles. The van der Waals surface area contributed by atoms with Crippen molar-refractivity contribution in [1.29, 1.82) is 0 Å². The molecular formula is C31H32ClN7O3. The lowest BCUT2D eigenvalue weighted by Crippen LogP contribution is -2.41. The Hall–Kier alpha value is -4.44. The fourth-order valence-corrected chi connectivity index (χ4v) is 5.82. The minimum atomic E-state index is -1.19. The Morgan fingerprint density at radius 2 is 1.62 bits per heavy atom. The average molecular weight is 586 g/mol. The zero-order valence-electron chi connectivity index (χ0n) is 23.5. The summed E-state index contributed by atoms with van der Waals surface area (Å²) in [6.45, 7) is 0. The second-order valence-corrected chi connectivity index (χ2v) is 11.7. The van der Waals surface area contributed by atoms with Gasteiger partial charge in [-0.3, -0.25) is 19.3 Å². The van der Waals surface area contributed by atoms with Crippen LogP contribution < -0.4 is 16.0 Å². The molecule has 0 bridgehead atoms. The molecule has 0 atom stereocenters. The molecule has 0 aliphatic heterocycles. The molecule has 2 saturated carbocycles. The highest BCUT2D eigenvalue weighted by Gasteiger charge is 2.57. The van der Waals surface area contributed by atoms with Crippen molar-refractivity contribution in [2.75, 3.05) is 24.3 Å². The molecule has 6 rings (SSSR count). The smallest absolute Gasteiger partial charge is 0.270 e. The van der Waals surface area contributed by atoms with E-state index in [9.17, 15) is 14.4 Å². The van der Waals surface area contributed by atoms with E-state index in [1.54, 1.807) is 61.6 Å². The van der Waals surface area contributed by atoms with Gasteiger partial charge < -0.3 is 20.5 Å². The first-order valence-electron chi connectivity index (χ1n) is 14.0. The highest BCUT2D eigenvalue weighted by molar-refractivity contribution is 6.30. The number of nitrogens with one attached hydrogen (secondary N) is 1. The third kappa shape index (κ3) is 4.96. The SMILES string of the molecule is CN(C)C(=O)c1cc2cnc(Nc3ccc(N(C(=O)C4(C(N)=O)CC4)c4ccc(Cl)cc4)cc3)nc2n1C1CCCC1. The van der Waals surface area contributed by atoms with Crippen LogP contribution in [0.4, 0.5) is 23.0 Å². The molecule has 3 amide bonds. The summed E-state index contributed by atoms with van der Waals surface area (Å²) in [5, 5.41) is 4.60. The summed E-state index contributed by atoms with van der Waals surface area (Å²) in [5.41, 5.74) is 7.66. The number of hydrogen-bond acceptors (Lipinski definition) is 6. The maximum absolute atomic E-state index is 13.6. The van der Waals surface area contributed by atoms with Crippen LogP contribution in [-0.2, 0) is 9.59 Å². The van der Waals surface area contributed by atoms with E-state index in [0.717, 1.165) is 36.7 Å². The molecule has 2 aromatic heterocycles. The Morgan fingerprint density at radius 3 is 2.19 bits per heavy atom. The number of nitrogens with two attached hydrogens (primary N) is 1. The van der Waals surface area contributed by atoms with Crippen LogP contribution in [-0.4, -0.2) is 51.3 Å². The van der Waals surface area contributed by atoms with Gasteiger partial charge in [-0.05, 0) is 80.3 Å². The van der Waals surface area contributed by atoms with Crippen LogP contribution in [0.3, 0.4) is 0 Å². The lowest BCUT2D eigenvalue weighted by atomic mass is 10.0. The summed E-state index contributed by atoms with van der Waals surface area (Å²) in [4.78, 5) is 51.2. The molecule has 3 N–H and O–H groups in total. The zero-order valence-corrected chi connectivity index (χ0v) is 24.3. The molecule has 4 aromatic rings. The molecule has 2 aliphatic rings. The Kier molecular flexibility index (Phi) is 7.10. The molecule has 11 heteroatoms. The molecular weight excluding hydrogens is 554 g/mol. The Bertz CT molecular complexity index is 1670. The largest absolute Gasteiger partial charge is 0.369 e. The van der Waals surface area contributed by atoms with Crippen molar-refractivity contribution < 1.29 is 14.4 Å². The number of hydrogen-bond donors (Lipinski definition) is 2. The predicted octanol–water partition coefficient (Wildman–Crippen LogP) is 5.58. The van der Waals surface area contributed by atoms with E-state index in [2.05, 4.69) is 14.9 Å². The van der Waals surface area contributed by atoms with Crippen LogP contribution in [0.5, 0.6) is 0 Å². The maximum atomic E-state index is 13.6. The zero-order chi connectivity index (χ0) is 29.6. The minimum Gasteiger partial charge on any atom is -0.369 e. The van der Waals surface area contributed by atoms with Gasteiger partial charge in [-0.15, -0.1) is 0 Å². The van der Waals surface area contributed by atoms with Gasteiger partial charge in [0.15, 0.2) is 0 Å². The standard InChI is InChI=1S/C31H32ClN7O3/c1-37(2)27(40)25-17-19-18-34-30(36-26(19)39(25)22-5-3-4-6-22)35-21-9-13-24(14-10-21)38(23-11-7-20(32)8-12-23)29(42)31(15-16-31)28(33)41/h7-14,17-18,22H,3-6,15-16H2,1-2H3,(H2,33,41)(H,34,35,36). The van der Waals surface area contributed by atoms with Crippen LogP contribution in [0.1, 0.15) is 55.1 Å². The molecule has 0 saturated heterocycles. The first kappa shape index (κ1) is 27.7. The molecule has 0 unspecified atom stereocenters. The molecule has 10 nitrogen and oxygen atoms in total. The topological polar surface area (TPSA) is 126 Å². The van der Waals surface area contributed by atoms with Crippen LogP contribution in [0, 0.1) is 5.41 Å². The first-order valence-corrected chi connectivity index (χ1v) is 14.4. The van der Waals surface area contributed by atoms with E-state index < -0.39 is 11.3 Å². The Morgan fingerprint density at radius 1 is 1.00 bits per heavy atom. The van der Waals surface area contributed by atoms with Crippen molar-refractivity contribution in [3.8, 4) is 0 Å². The molecule has 0 radical (unpaired) electrons. The monoisotopic (exact) mass is 585 g/mol. The third-order valence-electron chi connectivity index (χ3n) is 8.19. The number of carbonyl (C=O) groups excluding carboxylic acids is 3. The summed E-state index contributed by atoms with van der Waals surface area (Å²) in [6, 6.07) is 16.2. The summed E-state index contributed by atoms with van der Waals surface area (Å²) in [6.07, 6.45) is 6.84. The van der Waals surface area contributed by atoms with Gasteiger partial charge in [0.2, 0.25) is 17.8 Å². The van der Waals surface area contributed by atoms with Crippen molar-refractivity contribution in [2.24, 2.45) is 11.1 Å². The first-order chi connectivity index (χ1) is 20.2. The molecule has 2 aliphatic carbocycles. The normalized spacial score (nSPS) is 15.9. The number of rotatable bonds is 8. The van der Waals surface area contributed by atoms with Crippen LogP contribution >= 0.6 is 11.6 Å². The maximum Gasteiger partial charge on any atom is 0.270 e. The number of amides is 3. The van der Waals surface area contributed by atoms with Crippen molar-refractivity contribution in [1.82, 2.24) is 19.4 Å². The summed E-state index contributed by atoms with van der Waals surface area (Å²) in [7, 11) is 3.50. The molecule has 0 spiro atoms. The highest BCUT2D eigenvalue weighted by atomic mass is 35.5. The van der Waals surface area contributed by atoms with E-state index in [1.807, 2.05) is 18.2 Å². The van der Waals surface area contributed by atoms with E-state index in [1.165, 1.54) is 4.90 Å². The highest BCUT2D eigenvalue weighted by Crippen LogP contribution is 2.49. The van der Waals surface area contributed by atoms with Gasteiger partial charge in [0.25, 0.3) is 5.91 Å². The van der Waals surface area contributed by atoms with Crippen LogP contribution in [0.2, 0.25) is 5.02 Å². The number of primary amides is 1. The van der Waals surface area contributed by atoms with Gasteiger partial charge in [0.1, 0.15) is 16.8 Å². The Labute approximate surface area is 248 Å². The fraction of sp³-hybridized carbons (Fsp3) is 0.323. The van der Waals surface area contributed by atoms with Gasteiger partial charge in [0, 0.05) is 53.8 Å². The van der Waals surface area contributed by atoms with E-state index in [0.29, 0.717) is 46.6 Å². The number of halogens is 1. The van der Waals surface area contributed by atoms with Gasteiger partial charge in [-0.1, -0.05) is 24.4 Å². The molecule has 42 heavy (non-hydrogen) atoms. The van der Waals surface area contributed by atoms with Gasteiger partial charge in [-0.2, -0.15) is 4.98 Å². The minimum absolute atomic E-state index is 0.0610. The number of aromatic nitrogens is 3. The summed E-state index contributed by atoms with van der Waals surface area (Å²) >= 11 is 6.09. The van der Waals surface area contributed by atoms with Crippen LogP contribution in [0.15, 0.2) is 60.8 Å². The quantitative estimate of drug-likeness (QED) is 0.260. The number of fused-ring (bicyclic) bond motifs is 1. The fourth-order valence-electron chi connectivity index (χ4n) is 5.70. The van der Waals surface area contributed by atoms with E-state index >= 15 is 0 Å². The van der Waals surface area contributed by atoms with Crippen molar-refractivity contribution in [3.05, 3.63) is 71.5 Å². The second kappa shape index (κ2) is 10.8. The summed E-state index contributed by atoms with van der Waals surface area (Å²) < 4.78 is 2.07. The van der Waals surface area contributed by atoms with Crippen molar-refractivity contribution in [2.45, 2.75) is 44.6 Å².